The van der Waals surface area contributed by atoms with Crippen LogP contribution in [0.3, 0.4) is 0 Å². The van der Waals surface area contributed by atoms with Crippen molar-refractivity contribution in [3.8, 4) is 11.8 Å². The fourth-order valence-corrected chi connectivity index (χ4v) is 3.03. The Morgan fingerprint density at radius 1 is 1.48 bits per heavy atom. The molecular weight excluding hydrogens is 262 g/mol. The van der Waals surface area contributed by atoms with E-state index in [1.54, 1.807) is 18.3 Å². The van der Waals surface area contributed by atoms with Crippen LogP contribution in [0, 0.1) is 23.7 Å². The lowest BCUT2D eigenvalue weighted by atomic mass is 9.93. The summed E-state index contributed by atoms with van der Waals surface area (Å²) in [6.07, 6.45) is 5.06. The summed E-state index contributed by atoms with van der Waals surface area (Å²) in [7, 11) is 0. The van der Waals surface area contributed by atoms with E-state index < -0.39 is 0 Å². The topological polar surface area (TPSA) is 68.0 Å². The first-order chi connectivity index (χ1) is 10.2. The zero-order chi connectivity index (χ0) is 15.2. The van der Waals surface area contributed by atoms with Crippen LogP contribution in [0.2, 0.25) is 0 Å². The van der Waals surface area contributed by atoms with Gasteiger partial charge in [0.1, 0.15) is 5.69 Å². The number of pyridine rings is 1. The molecule has 1 aliphatic carbocycles. The van der Waals surface area contributed by atoms with Gasteiger partial charge in [-0.3, -0.25) is 4.79 Å². The van der Waals surface area contributed by atoms with Crippen LogP contribution in [0.5, 0.6) is 0 Å². The summed E-state index contributed by atoms with van der Waals surface area (Å²) >= 11 is 0. The molecular formula is C17H23N3O. The van der Waals surface area contributed by atoms with Crippen LogP contribution in [0.25, 0.3) is 0 Å². The third-order valence-electron chi connectivity index (χ3n) is 4.40. The Balaban J connectivity index is 1.97. The van der Waals surface area contributed by atoms with Crippen LogP contribution in [-0.2, 0) is 0 Å². The molecule has 0 aromatic carbocycles. The molecule has 4 heteroatoms. The molecule has 1 aliphatic rings. The number of carbonyl (C=O) groups is 1. The quantitative estimate of drug-likeness (QED) is 0.834. The number of aromatic nitrogens is 1. The normalized spacial score (nSPS) is 24.2. The molecule has 21 heavy (non-hydrogen) atoms. The second-order valence-corrected chi connectivity index (χ2v) is 5.62. The van der Waals surface area contributed by atoms with E-state index in [2.05, 4.69) is 36.0 Å². The first kappa shape index (κ1) is 15.5. The van der Waals surface area contributed by atoms with Crippen molar-refractivity contribution in [3.63, 3.8) is 0 Å². The Labute approximate surface area is 126 Å². The molecule has 3 atom stereocenters. The average molecular weight is 285 g/mol. The van der Waals surface area contributed by atoms with Crippen molar-refractivity contribution in [2.75, 3.05) is 6.54 Å². The molecule has 0 saturated heterocycles. The van der Waals surface area contributed by atoms with Gasteiger partial charge in [-0.1, -0.05) is 32.1 Å². The zero-order valence-corrected chi connectivity index (χ0v) is 12.7. The van der Waals surface area contributed by atoms with E-state index in [-0.39, 0.29) is 11.9 Å². The highest BCUT2D eigenvalue weighted by molar-refractivity contribution is 5.92. The van der Waals surface area contributed by atoms with E-state index in [1.165, 1.54) is 12.8 Å². The molecule has 1 aromatic heterocycles. The first-order valence-corrected chi connectivity index (χ1v) is 7.61. The van der Waals surface area contributed by atoms with Crippen molar-refractivity contribution in [1.82, 2.24) is 10.3 Å². The van der Waals surface area contributed by atoms with E-state index in [0.717, 1.165) is 17.9 Å². The highest BCUT2D eigenvalue weighted by Crippen LogP contribution is 2.33. The zero-order valence-electron chi connectivity index (χ0n) is 12.7. The summed E-state index contributed by atoms with van der Waals surface area (Å²) in [5, 5.41) is 3.11. The van der Waals surface area contributed by atoms with E-state index in [0.29, 0.717) is 18.2 Å². The van der Waals surface area contributed by atoms with Crippen molar-refractivity contribution in [2.24, 2.45) is 17.6 Å². The summed E-state index contributed by atoms with van der Waals surface area (Å²) in [5.41, 5.74) is 6.54. The molecule has 1 amide bonds. The van der Waals surface area contributed by atoms with Gasteiger partial charge >= 0.3 is 0 Å². The van der Waals surface area contributed by atoms with Crippen LogP contribution in [0.15, 0.2) is 18.3 Å². The lowest BCUT2D eigenvalue weighted by molar-refractivity contribution is 0.0921. The van der Waals surface area contributed by atoms with Crippen LogP contribution >= 0.6 is 0 Å². The summed E-state index contributed by atoms with van der Waals surface area (Å²) in [6, 6.07) is 3.78. The van der Waals surface area contributed by atoms with Crippen molar-refractivity contribution < 1.29 is 4.79 Å². The molecule has 1 saturated carbocycles. The molecule has 0 bridgehead atoms. The first-order valence-electron chi connectivity index (χ1n) is 7.61. The van der Waals surface area contributed by atoms with Gasteiger partial charge in [-0.25, -0.2) is 4.98 Å². The average Bonchev–Trinajstić information content (AvgIpc) is 2.86. The second kappa shape index (κ2) is 7.24. The summed E-state index contributed by atoms with van der Waals surface area (Å²) in [5.74, 6) is 6.82. The molecule has 3 unspecified atom stereocenters. The maximum Gasteiger partial charge on any atom is 0.270 e. The molecule has 1 fully saturated rings. The minimum absolute atomic E-state index is 0.0954. The Morgan fingerprint density at radius 2 is 2.29 bits per heavy atom. The minimum Gasteiger partial charge on any atom is -0.348 e. The Hall–Kier alpha value is -1.86. The lowest BCUT2D eigenvalue weighted by Gasteiger charge is -2.20. The predicted molar refractivity (Wildman–Crippen MR) is 83.6 cm³/mol. The molecule has 3 N–H and O–H groups in total. The number of carbonyl (C=O) groups excluding carboxylic acids is 1. The summed E-state index contributed by atoms with van der Waals surface area (Å²) < 4.78 is 0. The SMILES string of the molecule is CCC1CCC(NC(=O)c2ccc(C#CCN)cn2)C1C. The smallest absolute Gasteiger partial charge is 0.270 e. The molecule has 2 rings (SSSR count). The van der Waals surface area contributed by atoms with Crippen LogP contribution in [0.1, 0.15) is 49.2 Å². The third kappa shape index (κ3) is 3.83. The van der Waals surface area contributed by atoms with Crippen molar-refractivity contribution in [3.05, 3.63) is 29.6 Å². The fraction of sp³-hybridized carbons (Fsp3) is 0.529. The molecule has 0 aliphatic heterocycles. The van der Waals surface area contributed by atoms with E-state index >= 15 is 0 Å². The minimum atomic E-state index is -0.0954. The number of nitrogens with zero attached hydrogens (tertiary/aromatic N) is 1. The highest BCUT2D eigenvalue weighted by Gasteiger charge is 2.32. The molecule has 0 spiro atoms. The standard InChI is InChI=1S/C17H23N3O/c1-3-14-7-9-15(12(14)2)20-17(21)16-8-6-13(11-19-16)5-4-10-18/h6,8,11-12,14-15H,3,7,9-10,18H2,1-2H3,(H,20,21). The number of amides is 1. The van der Waals surface area contributed by atoms with E-state index in [4.69, 9.17) is 5.73 Å². The monoisotopic (exact) mass is 285 g/mol. The third-order valence-corrected chi connectivity index (χ3v) is 4.40. The number of hydrogen-bond donors (Lipinski definition) is 2. The summed E-state index contributed by atoms with van der Waals surface area (Å²) in [4.78, 5) is 16.4. The van der Waals surface area contributed by atoms with Gasteiger partial charge in [0.05, 0.1) is 6.54 Å². The maximum atomic E-state index is 12.2. The molecule has 112 valence electrons. The van der Waals surface area contributed by atoms with Crippen LogP contribution in [0.4, 0.5) is 0 Å². The Bertz CT molecular complexity index is 541. The number of rotatable bonds is 3. The molecule has 0 radical (unpaired) electrons. The van der Waals surface area contributed by atoms with E-state index in [9.17, 15) is 4.79 Å². The second-order valence-electron chi connectivity index (χ2n) is 5.62. The predicted octanol–water partition coefficient (Wildman–Crippen LogP) is 1.95. The van der Waals surface area contributed by atoms with Crippen molar-refractivity contribution >= 4 is 5.91 Å². The van der Waals surface area contributed by atoms with Gasteiger partial charge in [0.25, 0.3) is 5.91 Å². The highest BCUT2D eigenvalue weighted by atomic mass is 16.1. The number of nitrogens with two attached hydrogens (primary N) is 1. The van der Waals surface area contributed by atoms with E-state index in [1.807, 2.05) is 0 Å². The van der Waals surface area contributed by atoms with Gasteiger partial charge in [0.15, 0.2) is 0 Å². The molecule has 1 aromatic rings. The largest absolute Gasteiger partial charge is 0.348 e. The van der Waals surface area contributed by atoms with Crippen molar-refractivity contribution in [2.45, 2.75) is 39.2 Å². The van der Waals surface area contributed by atoms with Crippen LogP contribution < -0.4 is 11.1 Å². The lowest BCUT2D eigenvalue weighted by Crippen LogP contribution is -2.37. The maximum absolute atomic E-state index is 12.2. The molecule has 1 heterocycles. The summed E-state index contributed by atoms with van der Waals surface area (Å²) in [6.45, 7) is 4.76. The molecule has 4 nitrogen and oxygen atoms in total. The number of nitrogens with one attached hydrogen (secondary N) is 1. The van der Waals surface area contributed by atoms with Gasteiger partial charge in [-0.2, -0.15) is 0 Å². The van der Waals surface area contributed by atoms with Crippen molar-refractivity contribution in [1.29, 1.82) is 0 Å². The fourth-order valence-electron chi connectivity index (χ4n) is 3.03. The number of hydrogen-bond acceptors (Lipinski definition) is 3. The van der Waals surface area contributed by atoms with Crippen LogP contribution in [-0.4, -0.2) is 23.5 Å². The van der Waals surface area contributed by atoms with Gasteiger partial charge < -0.3 is 11.1 Å². The van der Waals surface area contributed by atoms with Gasteiger partial charge in [-0.05, 0) is 36.8 Å². The van der Waals surface area contributed by atoms with Gasteiger partial charge in [0, 0.05) is 17.8 Å². The van der Waals surface area contributed by atoms with Gasteiger partial charge in [-0.15, -0.1) is 0 Å². The van der Waals surface area contributed by atoms with Gasteiger partial charge in [0.2, 0.25) is 0 Å². The Morgan fingerprint density at radius 3 is 2.86 bits per heavy atom. The Kier molecular flexibility index (Phi) is 5.35.